The van der Waals surface area contributed by atoms with Gasteiger partial charge in [0, 0.05) is 41.2 Å². The van der Waals surface area contributed by atoms with Gasteiger partial charge in [-0.2, -0.15) is 5.10 Å². The molecule has 5 heterocycles. The van der Waals surface area contributed by atoms with Crippen LogP contribution >= 0.6 is 11.3 Å². The molecular weight excluding hydrogens is 430 g/mol. The summed E-state index contributed by atoms with van der Waals surface area (Å²) in [7, 11) is 0. The summed E-state index contributed by atoms with van der Waals surface area (Å²) in [6, 6.07) is 0.646. The molecule has 1 saturated carbocycles. The third-order valence-corrected chi connectivity index (χ3v) is 9.65. The predicted octanol–water partition coefficient (Wildman–Crippen LogP) is 5.16. The second kappa shape index (κ2) is 7.65. The maximum atomic E-state index is 9.38. The van der Waals surface area contributed by atoms with Gasteiger partial charge in [0.2, 0.25) is 0 Å². The number of H-pyrrole nitrogens is 1. The number of aryl methyl sites for hydroxylation is 2. The second-order valence-corrected chi connectivity index (χ2v) is 11.4. The Bertz CT molecular complexity index is 1360. The third kappa shape index (κ3) is 3.05. The Balaban J connectivity index is 1.46. The zero-order chi connectivity index (χ0) is 23.0. The summed E-state index contributed by atoms with van der Waals surface area (Å²) in [5.41, 5.74) is 8.74. The molecule has 0 amide bonds. The van der Waals surface area contributed by atoms with Crippen LogP contribution in [0.4, 0.5) is 0 Å². The Kier molecular flexibility index (Phi) is 4.94. The van der Waals surface area contributed by atoms with Crippen molar-refractivity contribution in [3.05, 3.63) is 39.7 Å². The van der Waals surface area contributed by atoms with Crippen LogP contribution in [0.25, 0.3) is 27.1 Å². The van der Waals surface area contributed by atoms with Crippen molar-refractivity contribution in [1.29, 1.82) is 0 Å². The van der Waals surface area contributed by atoms with Crippen LogP contribution in [-0.4, -0.2) is 55.3 Å². The van der Waals surface area contributed by atoms with Crippen LogP contribution in [0.3, 0.4) is 0 Å². The highest BCUT2D eigenvalue weighted by molar-refractivity contribution is 7.19. The zero-order valence-corrected chi connectivity index (χ0v) is 21.0. The number of aromatic nitrogens is 4. The van der Waals surface area contributed by atoms with Gasteiger partial charge in [-0.25, -0.2) is 9.50 Å². The highest BCUT2D eigenvalue weighted by Crippen LogP contribution is 2.53. The summed E-state index contributed by atoms with van der Waals surface area (Å²) in [6.45, 7) is 13.5. The summed E-state index contributed by atoms with van der Waals surface area (Å²) in [4.78, 5) is 13.7. The normalized spacial score (nSPS) is 23.2. The number of thiophene rings is 1. The first kappa shape index (κ1) is 21.3. The Labute approximate surface area is 198 Å². The average molecular weight is 464 g/mol. The molecule has 33 heavy (non-hydrogen) atoms. The van der Waals surface area contributed by atoms with E-state index in [9.17, 15) is 5.11 Å². The molecule has 0 radical (unpaired) electrons. The highest BCUT2D eigenvalue weighted by Gasteiger charge is 2.46. The van der Waals surface area contributed by atoms with Crippen molar-refractivity contribution in [2.24, 2.45) is 5.92 Å². The molecular formula is C26H33N5OS. The van der Waals surface area contributed by atoms with Gasteiger partial charge in [0.05, 0.1) is 12.3 Å². The van der Waals surface area contributed by atoms with E-state index in [-0.39, 0.29) is 6.61 Å². The van der Waals surface area contributed by atoms with Gasteiger partial charge in [-0.1, -0.05) is 13.8 Å². The lowest BCUT2D eigenvalue weighted by Gasteiger charge is -2.31. The SMILES string of the molecule is Cc1c(-c2[nH]c3sc([C@@H]4C[C@@H]5C[C@H]4CN5CCO)c(C)c3c2C(C)C)cn2ncnc2c1C. The van der Waals surface area contributed by atoms with Gasteiger partial charge in [0.25, 0.3) is 0 Å². The predicted molar refractivity (Wildman–Crippen MR) is 134 cm³/mol. The van der Waals surface area contributed by atoms with Gasteiger partial charge in [-0.3, -0.25) is 4.90 Å². The van der Waals surface area contributed by atoms with Gasteiger partial charge >= 0.3 is 0 Å². The van der Waals surface area contributed by atoms with Crippen LogP contribution in [-0.2, 0) is 0 Å². The number of nitrogens with zero attached hydrogens (tertiary/aromatic N) is 4. The molecule has 6 nitrogen and oxygen atoms in total. The molecule has 0 unspecified atom stereocenters. The van der Waals surface area contributed by atoms with Crippen molar-refractivity contribution in [2.45, 2.75) is 65.3 Å². The number of hydrogen-bond donors (Lipinski definition) is 2. The first-order valence-electron chi connectivity index (χ1n) is 12.2. The van der Waals surface area contributed by atoms with Gasteiger partial charge < -0.3 is 10.1 Å². The van der Waals surface area contributed by atoms with Crippen molar-refractivity contribution in [3.8, 4) is 11.3 Å². The Hall–Kier alpha value is -2.22. The number of pyridine rings is 1. The fourth-order valence-corrected chi connectivity index (χ4v) is 8.05. The van der Waals surface area contributed by atoms with Crippen LogP contribution in [0.15, 0.2) is 12.5 Å². The van der Waals surface area contributed by atoms with E-state index < -0.39 is 0 Å². The average Bonchev–Trinajstić information content (AvgIpc) is 3.57. The molecule has 2 fully saturated rings. The number of piperidine rings is 1. The number of rotatable bonds is 5. The minimum absolute atomic E-state index is 0.273. The Morgan fingerprint density at radius 2 is 2.00 bits per heavy atom. The number of aliphatic hydroxyl groups is 1. The van der Waals surface area contributed by atoms with E-state index in [1.807, 2.05) is 15.9 Å². The number of aliphatic hydroxyl groups excluding tert-OH is 1. The molecule has 2 N–H and O–H groups in total. The number of β-amino-alcohol motifs (C(OH)–C–C–N with tert-alkyl or cyclic N) is 1. The molecule has 7 heteroatoms. The van der Waals surface area contributed by atoms with E-state index in [2.05, 4.69) is 60.8 Å². The minimum Gasteiger partial charge on any atom is -0.395 e. The molecule has 1 aliphatic carbocycles. The van der Waals surface area contributed by atoms with Gasteiger partial charge in [0.15, 0.2) is 5.65 Å². The number of nitrogens with one attached hydrogen (secondary N) is 1. The molecule has 4 aromatic heterocycles. The molecule has 0 spiro atoms. The number of fused-ring (bicyclic) bond motifs is 4. The summed E-state index contributed by atoms with van der Waals surface area (Å²) in [5.74, 6) is 1.81. The minimum atomic E-state index is 0.273. The fourth-order valence-electron chi connectivity index (χ4n) is 6.62. The number of aromatic amines is 1. The molecule has 1 saturated heterocycles. The quantitative estimate of drug-likeness (QED) is 0.429. The maximum Gasteiger partial charge on any atom is 0.158 e. The van der Waals surface area contributed by atoms with Crippen molar-refractivity contribution in [3.63, 3.8) is 0 Å². The van der Waals surface area contributed by atoms with Crippen LogP contribution < -0.4 is 0 Å². The molecule has 2 bridgehead atoms. The molecule has 0 aromatic carbocycles. The maximum absolute atomic E-state index is 9.38. The monoisotopic (exact) mass is 463 g/mol. The third-order valence-electron chi connectivity index (χ3n) is 8.31. The first-order chi connectivity index (χ1) is 15.9. The standard InChI is InChI=1S/C26H33N5OS/c1-13(2)21-22-16(5)24(19-9-18-8-17(19)10-30(18)6-7-32)33-26(22)29-23(21)20-11-31-25(27-12-28-31)15(4)14(20)3/h11-13,17-19,29,32H,6-10H2,1-5H3/t17-,18-,19+/m0/s1. The van der Waals surface area contributed by atoms with E-state index in [1.54, 1.807) is 11.2 Å². The van der Waals surface area contributed by atoms with Crippen molar-refractivity contribution in [1.82, 2.24) is 24.5 Å². The van der Waals surface area contributed by atoms with Crippen molar-refractivity contribution >= 4 is 27.2 Å². The topological polar surface area (TPSA) is 69.5 Å². The summed E-state index contributed by atoms with van der Waals surface area (Å²) < 4.78 is 1.91. The lowest BCUT2D eigenvalue weighted by atomic mass is 9.88. The fraction of sp³-hybridized carbons (Fsp3) is 0.538. The van der Waals surface area contributed by atoms with Crippen LogP contribution in [0.5, 0.6) is 0 Å². The zero-order valence-electron chi connectivity index (χ0n) is 20.1. The molecule has 1 aliphatic heterocycles. The molecule has 6 rings (SSSR count). The number of hydrogen-bond acceptors (Lipinski definition) is 5. The van der Waals surface area contributed by atoms with E-state index >= 15 is 0 Å². The van der Waals surface area contributed by atoms with Crippen LogP contribution in [0.2, 0.25) is 0 Å². The van der Waals surface area contributed by atoms with Gasteiger partial charge in [-0.15, -0.1) is 11.3 Å². The Morgan fingerprint density at radius 3 is 2.70 bits per heavy atom. The van der Waals surface area contributed by atoms with Gasteiger partial charge in [-0.05, 0) is 73.6 Å². The summed E-state index contributed by atoms with van der Waals surface area (Å²) in [6.07, 6.45) is 6.29. The Morgan fingerprint density at radius 1 is 1.18 bits per heavy atom. The number of likely N-dealkylation sites (tertiary alicyclic amines) is 1. The lowest BCUT2D eigenvalue weighted by molar-refractivity contribution is 0.155. The van der Waals surface area contributed by atoms with E-state index in [1.165, 1.54) is 56.6 Å². The molecule has 2 aliphatic rings. The van der Waals surface area contributed by atoms with Crippen molar-refractivity contribution in [2.75, 3.05) is 19.7 Å². The summed E-state index contributed by atoms with van der Waals surface area (Å²) >= 11 is 1.98. The molecule has 4 aromatic rings. The summed E-state index contributed by atoms with van der Waals surface area (Å²) in [5, 5.41) is 15.2. The van der Waals surface area contributed by atoms with Gasteiger partial charge in [0.1, 0.15) is 11.2 Å². The molecule has 174 valence electrons. The lowest BCUT2D eigenvalue weighted by Crippen LogP contribution is -2.36. The largest absolute Gasteiger partial charge is 0.395 e. The smallest absolute Gasteiger partial charge is 0.158 e. The first-order valence-corrected chi connectivity index (χ1v) is 13.0. The second-order valence-electron chi connectivity index (χ2n) is 10.4. The molecule has 3 atom stereocenters. The highest BCUT2D eigenvalue weighted by atomic mass is 32.1. The van der Waals surface area contributed by atoms with E-state index in [0.29, 0.717) is 17.9 Å². The van der Waals surface area contributed by atoms with Crippen LogP contribution in [0.1, 0.15) is 65.7 Å². The van der Waals surface area contributed by atoms with Crippen LogP contribution in [0, 0.1) is 26.7 Å². The van der Waals surface area contributed by atoms with E-state index in [0.717, 1.165) is 24.7 Å². The van der Waals surface area contributed by atoms with E-state index in [4.69, 9.17) is 0 Å². The van der Waals surface area contributed by atoms with Crippen molar-refractivity contribution < 1.29 is 5.11 Å².